The highest BCUT2D eigenvalue weighted by molar-refractivity contribution is 5.98. The van der Waals surface area contributed by atoms with Crippen molar-refractivity contribution in [3.8, 4) is 0 Å². The first-order chi connectivity index (χ1) is 28.7. The fraction of sp³-hybridized carbons (Fsp3) is 0.775. The van der Waals surface area contributed by atoms with Gasteiger partial charge in [0.05, 0.1) is 25.6 Å². The van der Waals surface area contributed by atoms with Crippen LogP contribution in [0.1, 0.15) is 125 Å². The second-order valence-electron chi connectivity index (χ2n) is 16.4. The van der Waals surface area contributed by atoms with Gasteiger partial charge in [-0.25, -0.2) is 4.79 Å². The fourth-order valence-corrected chi connectivity index (χ4v) is 6.51. The SMILES string of the molecule is CC1NC(=O)C(CC(N)=O)NC(=O)C(CO)NC(=O)C(C(C)C)NC(=O)C(C(C)C)NC(=O)C(NC(=O)CC(O)CCCCCCCCCCCCNC(=N)N)C(C)OC1=O. The first-order valence-electron chi connectivity index (χ1n) is 21.3. The molecule has 14 N–H and O–H groups in total. The Bertz CT molecular complexity index is 1480. The number of aliphatic hydroxyl groups excluding tert-OH is 2. The predicted octanol–water partition coefficient (Wildman–Crippen LogP) is -1.43. The molecule has 0 aliphatic carbocycles. The molecule has 21 heteroatoms. The number of aliphatic hydroxyl groups is 2. The largest absolute Gasteiger partial charge is 0.458 e. The third-order valence-corrected chi connectivity index (χ3v) is 10.1. The number of nitrogens with two attached hydrogens (primary N) is 2. The molecule has 21 nitrogen and oxygen atoms in total. The van der Waals surface area contributed by atoms with E-state index < -0.39 is 121 Å². The van der Waals surface area contributed by atoms with Crippen LogP contribution in [-0.2, 0) is 43.1 Å². The lowest BCUT2D eigenvalue weighted by atomic mass is 9.98. The van der Waals surface area contributed by atoms with Crippen LogP contribution in [0.4, 0.5) is 0 Å². The summed E-state index contributed by atoms with van der Waals surface area (Å²) in [6.45, 7) is 8.75. The highest BCUT2D eigenvalue weighted by Crippen LogP contribution is 2.14. The van der Waals surface area contributed by atoms with Gasteiger partial charge in [0, 0.05) is 6.54 Å². The van der Waals surface area contributed by atoms with E-state index in [1.54, 1.807) is 27.7 Å². The van der Waals surface area contributed by atoms with Crippen molar-refractivity contribution in [1.29, 1.82) is 5.41 Å². The molecular weight excluding hydrogens is 796 g/mol. The minimum Gasteiger partial charge on any atom is -0.458 e. The van der Waals surface area contributed by atoms with Crippen LogP contribution >= 0.6 is 0 Å². The van der Waals surface area contributed by atoms with Gasteiger partial charge in [-0.1, -0.05) is 85.5 Å². The number of cyclic esters (lactones) is 1. The highest BCUT2D eigenvalue weighted by atomic mass is 16.5. The number of rotatable bonds is 21. The summed E-state index contributed by atoms with van der Waals surface area (Å²) in [5.41, 5.74) is 10.6. The molecule has 0 bridgehead atoms. The number of esters is 1. The fourth-order valence-electron chi connectivity index (χ4n) is 6.51. The van der Waals surface area contributed by atoms with Crippen molar-refractivity contribution < 1.29 is 53.3 Å². The quantitative estimate of drug-likeness (QED) is 0.0273. The monoisotopic (exact) mass is 869 g/mol. The van der Waals surface area contributed by atoms with Gasteiger partial charge in [-0.15, -0.1) is 0 Å². The van der Waals surface area contributed by atoms with Crippen molar-refractivity contribution >= 4 is 53.3 Å². The van der Waals surface area contributed by atoms with Crippen molar-refractivity contribution in [2.75, 3.05) is 13.2 Å². The first-order valence-corrected chi connectivity index (χ1v) is 21.3. The molecule has 0 aromatic heterocycles. The molecule has 0 saturated carbocycles. The van der Waals surface area contributed by atoms with Crippen LogP contribution in [0.5, 0.6) is 0 Å². The second-order valence-corrected chi connectivity index (χ2v) is 16.4. The van der Waals surface area contributed by atoms with Gasteiger partial charge in [-0.2, -0.15) is 0 Å². The molecule has 61 heavy (non-hydrogen) atoms. The number of guanidine groups is 1. The third kappa shape index (κ3) is 21.3. The minimum absolute atomic E-state index is 0.0133. The number of nitrogens with one attached hydrogen (secondary N) is 8. The Morgan fingerprint density at radius 2 is 1.18 bits per heavy atom. The van der Waals surface area contributed by atoms with Crippen LogP contribution in [0.15, 0.2) is 0 Å². The molecule has 0 aromatic rings. The number of carbonyl (C=O) groups is 8. The van der Waals surface area contributed by atoms with E-state index in [0.29, 0.717) is 19.4 Å². The molecule has 348 valence electrons. The highest BCUT2D eigenvalue weighted by Gasteiger charge is 2.38. The second kappa shape index (κ2) is 28.5. The Kier molecular flexibility index (Phi) is 25.2. The van der Waals surface area contributed by atoms with Crippen LogP contribution in [-0.4, -0.2) is 125 Å². The molecule has 7 amide bonds. The standard InChI is InChI=1S/C40H72N10O11/c1-22(2)31-36(57)47-28(21-51)35(56)46-27(20-29(41)53)34(55)45-24(5)39(60)61-25(6)33(38(59)50-32(23(3)4)37(58)49-31)48-30(54)19-26(52)17-15-13-11-9-7-8-10-12-14-16-18-44-40(42)43/h22-28,31-33,51-52H,7-21H2,1-6H3,(H2,41,53)(H,45,55)(H,46,56)(H,47,57)(H,48,54)(H,49,58)(H,50,59)(H4,42,43,44). The molecule has 1 saturated heterocycles. The van der Waals surface area contributed by atoms with Gasteiger partial charge in [0.2, 0.25) is 41.4 Å². The van der Waals surface area contributed by atoms with E-state index in [1.165, 1.54) is 13.8 Å². The van der Waals surface area contributed by atoms with Crippen molar-refractivity contribution in [1.82, 2.24) is 37.2 Å². The molecular formula is C40H72N10O11. The van der Waals surface area contributed by atoms with E-state index in [1.807, 2.05) is 0 Å². The van der Waals surface area contributed by atoms with Crippen molar-refractivity contribution in [2.45, 2.75) is 173 Å². The zero-order valence-corrected chi connectivity index (χ0v) is 36.6. The van der Waals surface area contributed by atoms with Crippen molar-refractivity contribution in [3.05, 3.63) is 0 Å². The number of hydrogen-bond acceptors (Lipinski definition) is 12. The summed E-state index contributed by atoms with van der Waals surface area (Å²) >= 11 is 0. The molecule has 1 heterocycles. The van der Waals surface area contributed by atoms with Crippen LogP contribution in [0.2, 0.25) is 0 Å². The summed E-state index contributed by atoms with van der Waals surface area (Å²) < 4.78 is 5.51. The molecule has 1 rings (SSSR count). The maximum absolute atomic E-state index is 13.9. The average Bonchev–Trinajstić information content (AvgIpc) is 3.17. The lowest BCUT2D eigenvalue weighted by Gasteiger charge is -2.30. The Labute approximate surface area is 358 Å². The number of carbonyl (C=O) groups excluding carboxylic acids is 8. The zero-order chi connectivity index (χ0) is 46.2. The van der Waals surface area contributed by atoms with E-state index in [2.05, 4.69) is 37.2 Å². The maximum atomic E-state index is 13.9. The summed E-state index contributed by atoms with van der Waals surface area (Å²) in [6.07, 6.45) is 6.86. The molecule has 1 fully saturated rings. The van der Waals surface area contributed by atoms with Gasteiger partial charge < -0.3 is 63.6 Å². The summed E-state index contributed by atoms with van der Waals surface area (Å²) in [7, 11) is 0. The van der Waals surface area contributed by atoms with Crippen LogP contribution in [0, 0.1) is 17.2 Å². The number of amides is 7. The lowest BCUT2D eigenvalue weighted by Crippen LogP contribution is -2.62. The van der Waals surface area contributed by atoms with Crippen LogP contribution in [0.25, 0.3) is 0 Å². The van der Waals surface area contributed by atoms with Gasteiger partial charge in [-0.3, -0.25) is 39.0 Å². The van der Waals surface area contributed by atoms with Crippen molar-refractivity contribution in [2.24, 2.45) is 23.3 Å². The number of ether oxygens (including phenoxy) is 1. The minimum atomic E-state index is -1.66. The van der Waals surface area contributed by atoms with Gasteiger partial charge in [0.25, 0.3) is 0 Å². The molecule has 1 aliphatic heterocycles. The topological polar surface area (TPSA) is 346 Å². The number of unbranched alkanes of at least 4 members (excludes halogenated alkanes) is 9. The van der Waals surface area contributed by atoms with Gasteiger partial charge in [0.1, 0.15) is 42.4 Å². The average molecular weight is 869 g/mol. The third-order valence-electron chi connectivity index (χ3n) is 10.1. The molecule has 8 unspecified atom stereocenters. The summed E-state index contributed by atoms with van der Waals surface area (Å²) in [5.74, 6) is -8.73. The van der Waals surface area contributed by atoms with Crippen LogP contribution < -0.4 is 48.7 Å². The van der Waals surface area contributed by atoms with Gasteiger partial charge >= 0.3 is 5.97 Å². The first kappa shape index (κ1) is 54.0. The normalized spacial score (nSPS) is 24.1. The predicted molar refractivity (Wildman–Crippen MR) is 225 cm³/mol. The summed E-state index contributed by atoms with van der Waals surface area (Å²) in [4.78, 5) is 106. The summed E-state index contributed by atoms with van der Waals surface area (Å²) in [6, 6.07) is -8.92. The van der Waals surface area contributed by atoms with E-state index in [4.69, 9.17) is 21.6 Å². The zero-order valence-electron chi connectivity index (χ0n) is 36.6. The molecule has 0 radical (unpaired) electrons. The Morgan fingerprint density at radius 1 is 0.705 bits per heavy atom. The molecule has 1 aliphatic rings. The Hall–Kier alpha value is -5.05. The molecule has 0 spiro atoms. The molecule has 8 atom stereocenters. The van der Waals surface area contributed by atoms with Gasteiger partial charge in [-0.05, 0) is 38.5 Å². The molecule has 0 aromatic carbocycles. The van der Waals surface area contributed by atoms with E-state index in [0.717, 1.165) is 57.8 Å². The van der Waals surface area contributed by atoms with Gasteiger partial charge in [0.15, 0.2) is 5.96 Å². The lowest BCUT2D eigenvalue weighted by molar-refractivity contribution is -0.155. The Balaban J connectivity index is 3.14. The van der Waals surface area contributed by atoms with E-state index in [9.17, 15) is 48.6 Å². The Morgan fingerprint density at radius 3 is 1.69 bits per heavy atom. The van der Waals surface area contributed by atoms with Crippen molar-refractivity contribution in [3.63, 3.8) is 0 Å². The van der Waals surface area contributed by atoms with E-state index in [-0.39, 0.29) is 12.4 Å². The summed E-state index contributed by atoms with van der Waals surface area (Å²) in [5, 5.41) is 45.1. The maximum Gasteiger partial charge on any atom is 0.328 e. The smallest absolute Gasteiger partial charge is 0.328 e. The number of hydrogen-bond donors (Lipinski definition) is 12. The number of primary amides is 1. The van der Waals surface area contributed by atoms with E-state index >= 15 is 0 Å². The van der Waals surface area contributed by atoms with Crippen LogP contribution in [0.3, 0.4) is 0 Å².